The fraction of sp³-hybridized carbons (Fsp3) is 0.364. The third kappa shape index (κ3) is 1.63. The lowest BCUT2D eigenvalue weighted by atomic mass is 10.1. The Morgan fingerprint density at radius 1 is 1.43 bits per heavy atom. The smallest absolute Gasteiger partial charge is 0.109 e. The van der Waals surface area contributed by atoms with Crippen molar-refractivity contribution in [2.24, 2.45) is 0 Å². The minimum absolute atomic E-state index is 0.139. The fourth-order valence-corrected chi connectivity index (χ4v) is 1.55. The zero-order valence-corrected chi connectivity index (χ0v) is 8.25. The molecule has 0 atom stereocenters. The number of benzene rings is 1. The van der Waals surface area contributed by atoms with Crippen LogP contribution >= 0.6 is 0 Å². The lowest BCUT2D eigenvalue weighted by Crippen LogP contribution is -1.91. The van der Waals surface area contributed by atoms with Crippen LogP contribution in [0.4, 0.5) is 0 Å². The highest BCUT2D eigenvalue weighted by atomic mass is 16.3. The zero-order chi connectivity index (χ0) is 9.97. The number of rotatable bonds is 3. The predicted octanol–water partition coefficient (Wildman–Crippen LogP) is 1.66. The maximum atomic E-state index is 8.79. The quantitative estimate of drug-likeness (QED) is 0.773. The molecule has 0 aliphatic carbocycles. The molecule has 0 bridgehead atoms. The number of H-pyrrole nitrogens is 1. The van der Waals surface area contributed by atoms with Gasteiger partial charge in [0.2, 0.25) is 0 Å². The van der Waals surface area contributed by atoms with Gasteiger partial charge in [-0.3, -0.25) is 0 Å². The van der Waals surface area contributed by atoms with Crippen LogP contribution in [0, 0.1) is 0 Å². The fourth-order valence-electron chi connectivity index (χ4n) is 1.55. The van der Waals surface area contributed by atoms with Gasteiger partial charge in [0.15, 0.2) is 0 Å². The molecule has 0 saturated heterocycles. The molecule has 2 rings (SSSR count). The number of imidazole rings is 1. The van der Waals surface area contributed by atoms with Crippen molar-refractivity contribution in [1.82, 2.24) is 9.97 Å². The minimum atomic E-state index is 0.139. The van der Waals surface area contributed by atoms with Crippen LogP contribution in [-0.4, -0.2) is 21.7 Å². The Bertz CT molecular complexity index is 434. The second kappa shape index (κ2) is 3.80. The molecular formula is C11H14N2O. The van der Waals surface area contributed by atoms with Gasteiger partial charge in [-0.15, -0.1) is 0 Å². The van der Waals surface area contributed by atoms with Crippen molar-refractivity contribution < 1.29 is 5.11 Å². The van der Waals surface area contributed by atoms with Crippen LogP contribution in [0.1, 0.15) is 18.3 Å². The van der Waals surface area contributed by atoms with Crippen LogP contribution in [0.15, 0.2) is 18.2 Å². The Kier molecular flexibility index (Phi) is 2.50. The second-order valence-electron chi connectivity index (χ2n) is 3.36. The van der Waals surface area contributed by atoms with E-state index in [0.717, 1.165) is 23.3 Å². The summed E-state index contributed by atoms with van der Waals surface area (Å²) in [5, 5.41) is 8.79. The Morgan fingerprint density at radius 2 is 2.29 bits per heavy atom. The number of aliphatic hydroxyl groups is 1. The summed E-state index contributed by atoms with van der Waals surface area (Å²) in [6, 6.07) is 6.22. The van der Waals surface area contributed by atoms with Crippen molar-refractivity contribution in [1.29, 1.82) is 0 Å². The molecule has 1 aromatic carbocycles. The molecule has 0 saturated carbocycles. The molecular weight excluding hydrogens is 176 g/mol. The highest BCUT2D eigenvalue weighted by Crippen LogP contribution is 2.14. The first-order chi connectivity index (χ1) is 6.83. The SMILES string of the molecule is CCc1ccc2nc(CCO)[nH]c2c1. The Hall–Kier alpha value is -1.35. The van der Waals surface area contributed by atoms with Gasteiger partial charge in [0.1, 0.15) is 5.82 Å². The molecule has 74 valence electrons. The maximum Gasteiger partial charge on any atom is 0.109 e. The van der Waals surface area contributed by atoms with Crippen LogP contribution < -0.4 is 0 Å². The number of nitrogens with zero attached hydrogens (tertiary/aromatic N) is 1. The van der Waals surface area contributed by atoms with Crippen LogP contribution in [-0.2, 0) is 12.8 Å². The number of aromatic nitrogens is 2. The first-order valence-corrected chi connectivity index (χ1v) is 4.92. The molecule has 0 amide bonds. The molecule has 1 heterocycles. The van der Waals surface area contributed by atoms with E-state index in [1.807, 2.05) is 6.07 Å². The number of nitrogens with one attached hydrogen (secondary N) is 1. The summed E-state index contributed by atoms with van der Waals surface area (Å²) >= 11 is 0. The van der Waals surface area contributed by atoms with E-state index in [0.29, 0.717) is 6.42 Å². The average molecular weight is 190 g/mol. The molecule has 2 N–H and O–H groups in total. The molecule has 0 spiro atoms. The van der Waals surface area contributed by atoms with Crippen molar-refractivity contribution in [3.05, 3.63) is 29.6 Å². The van der Waals surface area contributed by atoms with Gasteiger partial charge in [-0.2, -0.15) is 0 Å². The monoisotopic (exact) mass is 190 g/mol. The average Bonchev–Trinajstić information content (AvgIpc) is 2.59. The molecule has 0 fully saturated rings. The summed E-state index contributed by atoms with van der Waals surface area (Å²) in [5.41, 5.74) is 3.34. The van der Waals surface area contributed by atoms with Crippen LogP contribution in [0.3, 0.4) is 0 Å². The molecule has 1 aromatic heterocycles. The van der Waals surface area contributed by atoms with Gasteiger partial charge in [-0.25, -0.2) is 4.98 Å². The maximum absolute atomic E-state index is 8.79. The van der Waals surface area contributed by atoms with Gasteiger partial charge < -0.3 is 10.1 Å². The van der Waals surface area contributed by atoms with Gasteiger partial charge in [0.05, 0.1) is 17.6 Å². The van der Waals surface area contributed by atoms with Crippen molar-refractivity contribution in [3.8, 4) is 0 Å². The van der Waals surface area contributed by atoms with Crippen molar-refractivity contribution in [2.75, 3.05) is 6.61 Å². The van der Waals surface area contributed by atoms with Gasteiger partial charge in [-0.1, -0.05) is 13.0 Å². The van der Waals surface area contributed by atoms with Gasteiger partial charge in [0, 0.05) is 6.42 Å². The molecule has 0 aliphatic rings. The van der Waals surface area contributed by atoms with E-state index in [9.17, 15) is 0 Å². The summed E-state index contributed by atoms with van der Waals surface area (Å²) in [6.07, 6.45) is 1.63. The zero-order valence-electron chi connectivity index (χ0n) is 8.25. The number of aromatic amines is 1. The second-order valence-corrected chi connectivity index (χ2v) is 3.36. The summed E-state index contributed by atoms with van der Waals surface area (Å²) in [4.78, 5) is 7.56. The summed E-state index contributed by atoms with van der Waals surface area (Å²) in [5.74, 6) is 0.857. The van der Waals surface area contributed by atoms with Gasteiger partial charge >= 0.3 is 0 Å². The molecule has 0 radical (unpaired) electrons. The van der Waals surface area contributed by atoms with E-state index < -0.39 is 0 Å². The summed E-state index contributed by atoms with van der Waals surface area (Å²) < 4.78 is 0. The molecule has 14 heavy (non-hydrogen) atoms. The molecule has 3 heteroatoms. The number of hydrogen-bond donors (Lipinski definition) is 2. The first kappa shape index (κ1) is 9.21. The predicted molar refractivity (Wildman–Crippen MR) is 56.3 cm³/mol. The summed E-state index contributed by atoms with van der Waals surface area (Å²) in [6.45, 7) is 2.27. The van der Waals surface area contributed by atoms with Gasteiger partial charge in [0.25, 0.3) is 0 Å². The first-order valence-electron chi connectivity index (χ1n) is 4.92. The minimum Gasteiger partial charge on any atom is -0.396 e. The topological polar surface area (TPSA) is 48.9 Å². The lowest BCUT2D eigenvalue weighted by Gasteiger charge is -1.93. The number of hydrogen-bond acceptors (Lipinski definition) is 2. The van der Waals surface area contributed by atoms with Crippen LogP contribution in [0.2, 0.25) is 0 Å². The Balaban J connectivity index is 2.43. The van der Waals surface area contributed by atoms with Gasteiger partial charge in [-0.05, 0) is 24.1 Å². The Labute approximate surface area is 82.8 Å². The standard InChI is InChI=1S/C11H14N2O/c1-2-8-3-4-9-10(7-8)13-11(12-9)5-6-14/h3-4,7,14H,2,5-6H2,1H3,(H,12,13). The molecule has 3 nitrogen and oxygen atoms in total. The molecule has 0 unspecified atom stereocenters. The Morgan fingerprint density at radius 3 is 3.00 bits per heavy atom. The number of aryl methyl sites for hydroxylation is 1. The largest absolute Gasteiger partial charge is 0.396 e. The van der Waals surface area contributed by atoms with Crippen LogP contribution in [0.25, 0.3) is 11.0 Å². The number of fused-ring (bicyclic) bond motifs is 1. The van der Waals surface area contributed by atoms with E-state index in [4.69, 9.17) is 5.11 Å². The third-order valence-corrected chi connectivity index (χ3v) is 2.35. The van der Waals surface area contributed by atoms with E-state index >= 15 is 0 Å². The van der Waals surface area contributed by atoms with Crippen molar-refractivity contribution >= 4 is 11.0 Å². The van der Waals surface area contributed by atoms with E-state index in [1.165, 1.54) is 5.56 Å². The summed E-state index contributed by atoms with van der Waals surface area (Å²) in [7, 11) is 0. The molecule has 0 aliphatic heterocycles. The highest BCUT2D eigenvalue weighted by molar-refractivity contribution is 5.75. The normalized spacial score (nSPS) is 11.0. The van der Waals surface area contributed by atoms with Crippen LogP contribution in [0.5, 0.6) is 0 Å². The van der Waals surface area contributed by atoms with E-state index in [-0.39, 0.29) is 6.61 Å². The van der Waals surface area contributed by atoms with E-state index in [1.54, 1.807) is 0 Å². The highest BCUT2D eigenvalue weighted by Gasteiger charge is 2.02. The molecule has 2 aromatic rings. The lowest BCUT2D eigenvalue weighted by molar-refractivity contribution is 0.297. The number of aliphatic hydroxyl groups excluding tert-OH is 1. The van der Waals surface area contributed by atoms with Crippen molar-refractivity contribution in [3.63, 3.8) is 0 Å². The third-order valence-electron chi connectivity index (χ3n) is 2.35. The van der Waals surface area contributed by atoms with E-state index in [2.05, 4.69) is 29.0 Å². The van der Waals surface area contributed by atoms with Crippen molar-refractivity contribution in [2.45, 2.75) is 19.8 Å².